The van der Waals surface area contributed by atoms with Crippen molar-refractivity contribution in [1.29, 1.82) is 0 Å². The number of nitrogens with one attached hydrogen (secondary N) is 1. The number of aromatic nitrogens is 3. The van der Waals surface area contributed by atoms with E-state index in [1.165, 1.54) is 6.07 Å². The molecule has 1 N–H and O–H groups in total. The topological polar surface area (TPSA) is 59.3 Å². The van der Waals surface area contributed by atoms with E-state index in [-0.39, 0.29) is 5.69 Å². The van der Waals surface area contributed by atoms with Gasteiger partial charge in [-0.05, 0) is 29.6 Å². The van der Waals surface area contributed by atoms with Crippen LogP contribution in [0.5, 0.6) is 0 Å². The van der Waals surface area contributed by atoms with Crippen molar-refractivity contribution >= 4 is 40.2 Å². The number of halogens is 7. The van der Waals surface area contributed by atoms with E-state index in [4.69, 9.17) is 11.6 Å². The Bertz CT molecular complexity index is 1310. The Balaban J connectivity index is 1.83. The van der Waals surface area contributed by atoms with Gasteiger partial charge in [-0.25, -0.2) is 9.50 Å². The molecule has 0 saturated carbocycles. The molecular formula is C19H9ClF6N4OS. The molecule has 0 fully saturated rings. The minimum atomic E-state index is -4.88. The first-order chi connectivity index (χ1) is 15.0. The number of carbonyl (C=O) groups is 1. The molecule has 4 rings (SSSR count). The van der Waals surface area contributed by atoms with Gasteiger partial charge in [0.05, 0.1) is 21.8 Å². The number of fused-ring (bicyclic) bond motifs is 1. The van der Waals surface area contributed by atoms with Crippen molar-refractivity contribution in [3.8, 4) is 10.6 Å². The van der Waals surface area contributed by atoms with E-state index >= 15 is 0 Å². The second kappa shape index (κ2) is 7.78. The van der Waals surface area contributed by atoms with Gasteiger partial charge in [0, 0.05) is 0 Å². The first kappa shape index (κ1) is 22.1. The highest BCUT2D eigenvalue weighted by Crippen LogP contribution is 2.37. The normalized spacial score (nSPS) is 12.3. The van der Waals surface area contributed by atoms with E-state index in [0.717, 1.165) is 35.6 Å². The minimum absolute atomic E-state index is 0.0454. The lowest BCUT2D eigenvalue weighted by molar-refractivity contribution is -0.142. The van der Waals surface area contributed by atoms with E-state index in [9.17, 15) is 31.1 Å². The molecule has 166 valence electrons. The molecule has 0 saturated heterocycles. The molecule has 0 aliphatic rings. The van der Waals surface area contributed by atoms with Crippen molar-refractivity contribution in [1.82, 2.24) is 14.6 Å². The molecule has 0 spiro atoms. The first-order valence-corrected chi connectivity index (χ1v) is 9.90. The zero-order valence-corrected chi connectivity index (χ0v) is 17.0. The number of benzene rings is 1. The fourth-order valence-electron chi connectivity index (χ4n) is 2.91. The summed E-state index contributed by atoms with van der Waals surface area (Å²) in [6.45, 7) is 0. The van der Waals surface area contributed by atoms with Crippen LogP contribution >= 0.6 is 22.9 Å². The summed E-state index contributed by atoms with van der Waals surface area (Å²) in [6, 6.07) is 8.05. The average molecular weight is 491 g/mol. The molecule has 0 unspecified atom stereocenters. The zero-order valence-electron chi connectivity index (χ0n) is 15.4. The van der Waals surface area contributed by atoms with Crippen molar-refractivity contribution in [2.45, 2.75) is 12.4 Å². The van der Waals surface area contributed by atoms with Crippen molar-refractivity contribution in [3.63, 3.8) is 0 Å². The SMILES string of the molecule is O=C(Nc1ccccc1C(F)(F)F)c1nn2c(C(F)(F)F)cc(-c3cccs3)nc2c1Cl. The van der Waals surface area contributed by atoms with Crippen LogP contribution in [0.2, 0.25) is 5.02 Å². The molecule has 1 aromatic carbocycles. The molecule has 0 radical (unpaired) electrons. The number of rotatable bonds is 3. The Morgan fingerprint density at radius 1 is 1.03 bits per heavy atom. The number of hydrogen-bond acceptors (Lipinski definition) is 4. The van der Waals surface area contributed by atoms with E-state index < -0.39 is 51.6 Å². The number of carbonyl (C=O) groups excluding carboxylic acids is 1. The number of para-hydroxylation sites is 1. The van der Waals surface area contributed by atoms with Gasteiger partial charge >= 0.3 is 12.4 Å². The van der Waals surface area contributed by atoms with Crippen LogP contribution in [0.1, 0.15) is 21.7 Å². The van der Waals surface area contributed by atoms with Crippen LogP contribution in [0.15, 0.2) is 47.8 Å². The summed E-state index contributed by atoms with van der Waals surface area (Å²) < 4.78 is 80.9. The second-order valence-electron chi connectivity index (χ2n) is 6.40. The predicted octanol–water partition coefficient (Wildman–Crippen LogP) is 6.40. The Hall–Kier alpha value is -3.12. The summed E-state index contributed by atoms with van der Waals surface area (Å²) in [5, 5.41) is 6.72. The second-order valence-corrected chi connectivity index (χ2v) is 7.72. The van der Waals surface area contributed by atoms with Gasteiger partial charge in [0.1, 0.15) is 5.02 Å². The van der Waals surface area contributed by atoms with E-state index in [1.54, 1.807) is 17.5 Å². The maximum atomic E-state index is 13.7. The third-order valence-corrected chi connectivity index (χ3v) is 5.53. The summed E-state index contributed by atoms with van der Waals surface area (Å²) in [5.41, 5.74) is -4.19. The van der Waals surface area contributed by atoms with E-state index in [1.807, 2.05) is 5.32 Å². The maximum Gasteiger partial charge on any atom is 0.433 e. The van der Waals surface area contributed by atoms with Gasteiger partial charge in [0.25, 0.3) is 5.91 Å². The number of thiophene rings is 1. The standard InChI is InChI=1S/C19H9ClF6N4OS/c20-14-15(17(31)28-10-5-2-1-4-9(10)18(21,22)23)29-30-13(19(24,25)26)8-11(27-16(14)30)12-6-3-7-32-12/h1-8H,(H,28,31). The van der Waals surface area contributed by atoms with Crippen molar-refractivity contribution in [2.24, 2.45) is 0 Å². The van der Waals surface area contributed by atoms with Crippen LogP contribution in [0.25, 0.3) is 16.2 Å². The zero-order chi connectivity index (χ0) is 23.3. The summed E-state index contributed by atoms with van der Waals surface area (Å²) in [7, 11) is 0. The van der Waals surface area contributed by atoms with Crippen molar-refractivity contribution < 1.29 is 31.1 Å². The molecule has 5 nitrogen and oxygen atoms in total. The molecule has 32 heavy (non-hydrogen) atoms. The van der Waals surface area contributed by atoms with Crippen LogP contribution in [-0.2, 0) is 12.4 Å². The molecule has 13 heteroatoms. The quantitative estimate of drug-likeness (QED) is 0.338. The monoisotopic (exact) mass is 490 g/mol. The molecule has 4 aromatic rings. The van der Waals surface area contributed by atoms with Gasteiger partial charge in [-0.15, -0.1) is 11.3 Å². The van der Waals surface area contributed by atoms with Crippen molar-refractivity contribution in [2.75, 3.05) is 5.32 Å². The van der Waals surface area contributed by atoms with Crippen LogP contribution in [0.3, 0.4) is 0 Å². The van der Waals surface area contributed by atoms with Gasteiger partial charge in [-0.3, -0.25) is 4.79 Å². The van der Waals surface area contributed by atoms with Gasteiger partial charge in [0.15, 0.2) is 17.0 Å². The van der Waals surface area contributed by atoms with Crippen LogP contribution in [0.4, 0.5) is 32.0 Å². The lowest BCUT2D eigenvalue weighted by atomic mass is 10.1. The van der Waals surface area contributed by atoms with Crippen LogP contribution in [0, 0.1) is 0 Å². The lowest BCUT2D eigenvalue weighted by Crippen LogP contribution is -2.18. The molecule has 0 atom stereocenters. The van der Waals surface area contributed by atoms with Gasteiger partial charge < -0.3 is 5.32 Å². The lowest BCUT2D eigenvalue weighted by Gasteiger charge is -2.12. The highest BCUT2D eigenvalue weighted by Gasteiger charge is 2.37. The predicted molar refractivity (Wildman–Crippen MR) is 106 cm³/mol. The molecule has 0 aliphatic carbocycles. The van der Waals surface area contributed by atoms with E-state index in [0.29, 0.717) is 9.39 Å². The summed E-state index contributed by atoms with van der Waals surface area (Å²) in [4.78, 5) is 17.1. The fourth-order valence-corrected chi connectivity index (χ4v) is 3.84. The highest BCUT2D eigenvalue weighted by atomic mass is 35.5. The largest absolute Gasteiger partial charge is 0.433 e. The maximum absolute atomic E-state index is 13.7. The minimum Gasteiger partial charge on any atom is -0.320 e. The molecule has 0 aliphatic heterocycles. The number of alkyl halides is 6. The van der Waals surface area contributed by atoms with Gasteiger partial charge in [0.2, 0.25) is 0 Å². The number of anilines is 1. The summed E-state index contributed by atoms with van der Waals surface area (Å²) in [5.74, 6) is -1.22. The Labute approximate surface area is 184 Å². The third-order valence-electron chi connectivity index (χ3n) is 4.29. The summed E-state index contributed by atoms with van der Waals surface area (Å²) >= 11 is 7.25. The van der Waals surface area contributed by atoms with Crippen LogP contribution in [-0.4, -0.2) is 20.5 Å². The smallest absolute Gasteiger partial charge is 0.320 e. The molecular weight excluding hydrogens is 482 g/mol. The molecule has 3 heterocycles. The van der Waals surface area contributed by atoms with Crippen molar-refractivity contribution in [3.05, 3.63) is 69.8 Å². The highest BCUT2D eigenvalue weighted by molar-refractivity contribution is 7.13. The number of hydrogen-bond donors (Lipinski definition) is 1. The number of nitrogens with zero attached hydrogens (tertiary/aromatic N) is 3. The van der Waals surface area contributed by atoms with Gasteiger partial charge in [-0.1, -0.05) is 29.8 Å². The molecule has 1 amide bonds. The van der Waals surface area contributed by atoms with Crippen LogP contribution < -0.4 is 5.32 Å². The number of amides is 1. The molecule has 3 aromatic heterocycles. The van der Waals surface area contributed by atoms with Gasteiger partial charge in [-0.2, -0.15) is 31.4 Å². The third kappa shape index (κ3) is 4.02. The van der Waals surface area contributed by atoms with E-state index in [2.05, 4.69) is 10.1 Å². The Kier molecular flexibility index (Phi) is 5.37. The first-order valence-electron chi connectivity index (χ1n) is 8.64. The summed E-state index contributed by atoms with van der Waals surface area (Å²) in [6.07, 6.45) is -9.65. The fraction of sp³-hybridized carbons (Fsp3) is 0.105. The Morgan fingerprint density at radius 2 is 1.75 bits per heavy atom. The Morgan fingerprint density at radius 3 is 2.38 bits per heavy atom. The average Bonchev–Trinajstić information content (AvgIpc) is 3.35. The molecule has 0 bridgehead atoms.